The van der Waals surface area contributed by atoms with Gasteiger partial charge in [0.1, 0.15) is 6.10 Å². The average Bonchev–Trinajstić information content (AvgIpc) is 2.23. The zero-order chi connectivity index (χ0) is 9.80. The lowest BCUT2D eigenvalue weighted by atomic mass is 10.1. The van der Waals surface area contributed by atoms with Gasteiger partial charge in [0.05, 0.1) is 0 Å². The van der Waals surface area contributed by atoms with Gasteiger partial charge in [-0.25, -0.2) is 0 Å². The van der Waals surface area contributed by atoms with Gasteiger partial charge in [0, 0.05) is 12.6 Å². The largest absolute Gasteiger partial charge is 0.472 e. The van der Waals surface area contributed by atoms with E-state index in [9.17, 15) is 0 Å². The molecule has 0 amide bonds. The Labute approximate surface area is 99.8 Å². The molecule has 6 heteroatoms. The van der Waals surface area contributed by atoms with Gasteiger partial charge in [0.25, 0.3) is 0 Å². The van der Waals surface area contributed by atoms with Crippen LogP contribution >= 0.6 is 24.0 Å². The fourth-order valence-corrected chi connectivity index (χ4v) is 1.56. The number of ether oxygens (including phenoxy) is 1. The third kappa shape index (κ3) is 3.81. The zero-order valence-corrected chi connectivity index (χ0v) is 9.72. The van der Waals surface area contributed by atoms with E-state index in [1.165, 1.54) is 0 Å². The number of nitrogens with one attached hydrogen (secondary N) is 1. The van der Waals surface area contributed by atoms with Crippen LogP contribution in [0.4, 0.5) is 0 Å². The van der Waals surface area contributed by atoms with E-state index in [0.29, 0.717) is 11.0 Å². The number of rotatable bonds is 2. The first-order valence-corrected chi connectivity index (χ1v) is 5.09. The Bertz CT molecular complexity index is 288. The van der Waals surface area contributed by atoms with Crippen LogP contribution < -0.4 is 10.1 Å². The smallest absolute Gasteiger partial charge is 0.233 e. The van der Waals surface area contributed by atoms with Gasteiger partial charge in [-0.2, -0.15) is 0 Å². The van der Waals surface area contributed by atoms with Crippen LogP contribution in [-0.4, -0.2) is 29.4 Å². The van der Waals surface area contributed by atoms with E-state index in [-0.39, 0.29) is 18.5 Å². The lowest BCUT2D eigenvalue weighted by molar-refractivity contribution is 0.159. The number of aromatic nitrogens is 2. The Hall–Kier alpha value is -0.580. The fourth-order valence-electron chi connectivity index (χ4n) is 1.46. The van der Waals surface area contributed by atoms with Crippen molar-refractivity contribution in [1.82, 2.24) is 15.5 Å². The topological polar surface area (TPSA) is 47.0 Å². The summed E-state index contributed by atoms with van der Waals surface area (Å²) in [6, 6.07) is 3.42. The Balaban J connectivity index is 0.00000112. The van der Waals surface area contributed by atoms with Crippen molar-refractivity contribution in [3.63, 3.8) is 0 Å². The molecule has 1 atom stereocenters. The molecule has 0 unspecified atom stereocenters. The summed E-state index contributed by atoms with van der Waals surface area (Å²) in [4.78, 5) is 0. The van der Waals surface area contributed by atoms with Crippen LogP contribution in [0.25, 0.3) is 0 Å². The fraction of sp³-hybridized carbons (Fsp3) is 0.556. The molecule has 84 valence electrons. The van der Waals surface area contributed by atoms with Crippen LogP contribution in [0.5, 0.6) is 5.88 Å². The Morgan fingerprint density at radius 1 is 1.40 bits per heavy atom. The second-order valence-corrected chi connectivity index (χ2v) is 3.67. The zero-order valence-electron chi connectivity index (χ0n) is 8.15. The van der Waals surface area contributed by atoms with Gasteiger partial charge in [0.15, 0.2) is 5.15 Å². The second-order valence-electron chi connectivity index (χ2n) is 3.28. The van der Waals surface area contributed by atoms with Gasteiger partial charge in [-0.15, -0.1) is 22.6 Å². The molecule has 1 saturated heterocycles. The minimum absolute atomic E-state index is 0. The first-order valence-electron chi connectivity index (χ1n) is 4.71. The number of hydrogen-bond acceptors (Lipinski definition) is 4. The van der Waals surface area contributed by atoms with Crippen LogP contribution in [0, 0.1) is 0 Å². The molecule has 2 heterocycles. The third-order valence-corrected chi connectivity index (χ3v) is 2.35. The van der Waals surface area contributed by atoms with E-state index in [2.05, 4.69) is 15.5 Å². The molecule has 0 spiro atoms. The van der Waals surface area contributed by atoms with Gasteiger partial charge in [0.2, 0.25) is 5.88 Å². The van der Waals surface area contributed by atoms with Crippen LogP contribution in [0.2, 0.25) is 5.15 Å². The minimum atomic E-state index is 0. The molecular weight excluding hydrogens is 237 g/mol. The molecule has 1 aromatic heterocycles. The van der Waals surface area contributed by atoms with E-state index < -0.39 is 0 Å². The van der Waals surface area contributed by atoms with Crippen molar-refractivity contribution in [2.24, 2.45) is 0 Å². The molecular formula is C9H13Cl2N3O. The summed E-state index contributed by atoms with van der Waals surface area (Å²) < 4.78 is 5.62. The van der Waals surface area contributed by atoms with Crippen LogP contribution in [0.1, 0.15) is 12.8 Å². The molecule has 0 bridgehead atoms. The lowest BCUT2D eigenvalue weighted by Crippen LogP contribution is -2.37. The van der Waals surface area contributed by atoms with Crippen molar-refractivity contribution in [2.45, 2.75) is 18.9 Å². The summed E-state index contributed by atoms with van der Waals surface area (Å²) in [5.41, 5.74) is 0. The van der Waals surface area contributed by atoms with Crippen molar-refractivity contribution in [2.75, 3.05) is 13.1 Å². The Morgan fingerprint density at radius 3 is 2.87 bits per heavy atom. The average molecular weight is 250 g/mol. The van der Waals surface area contributed by atoms with Gasteiger partial charge in [-0.1, -0.05) is 11.6 Å². The highest BCUT2D eigenvalue weighted by atomic mass is 35.5. The molecule has 1 N–H and O–H groups in total. The number of piperidine rings is 1. The summed E-state index contributed by atoms with van der Waals surface area (Å²) in [5.74, 6) is 0.545. The van der Waals surface area contributed by atoms with Crippen molar-refractivity contribution in [3.05, 3.63) is 17.3 Å². The summed E-state index contributed by atoms with van der Waals surface area (Å²) in [5, 5.41) is 11.2. The maximum absolute atomic E-state index is 5.62. The summed E-state index contributed by atoms with van der Waals surface area (Å²) in [7, 11) is 0. The number of hydrogen-bond donors (Lipinski definition) is 1. The van der Waals surface area contributed by atoms with E-state index in [1.807, 2.05) is 0 Å². The molecule has 1 aliphatic rings. The molecule has 1 aliphatic heterocycles. The SMILES string of the molecule is Cl.Clc1ccc(O[C@H]2CCCNC2)nn1. The maximum atomic E-state index is 5.62. The Kier molecular flexibility index (Phi) is 5.08. The third-order valence-electron chi connectivity index (χ3n) is 2.15. The van der Waals surface area contributed by atoms with Gasteiger partial charge < -0.3 is 10.1 Å². The van der Waals surface area contributed by atoms with Gasteiger partial charge >= 0.3 is 0 Å². The molecule has 1 aromatic rings. The Morgan fingerprint density at radius 2 is 2.27 bits per heavy atom. The predicted molar refractivity (Wildman–Crippen MR) is 60.8 cm³/mol. The maximum Gasteiger partial charge on any atom is 0.233 e. The first-order chi connectivity index (χ1) is 6.84. The van der Waals surface area contributed by atoms with E-state index in [1.54, 1.807) is 12.1 Å². The van der Waals surface area contributed by atoms with Crippen molar-refractivity contribution < 1.29 is 4.74 Å². The van der Waals surface area contributed by atoms with Gasteiger partial charge in [-0.05, 0) is 25.5 Å². The lowest BCUT2D eigenvalue weighted by Gasteiger charge is -2.22. The molecule has 0 saturated carbocycles. The monoisotopic (exact) mass is 249 g/mol. The van der Waals surface area contributed by atoms with Crippen LogP contribution in [-0.2, 0) is 0 Å². The summed E-state index contributed by atoms with van der Waals surface area (Å²) in [6.45, 7) is 1.95. The summed E-state index contributed by atoms with van der Waals surface area (Å²) >= 11 is 5.61. The normalized spacial score (nSPS) is 20.5. The quantitative estimate of drug-likeness (QED) is 0.867. The highest BCUT2D eigenvalue weighted by Crippen LogP contribution is 2.13. The molecule has 0 radical (unpaired) electrons. The van der Waals surface area contributed by atoms with E-state index in [0.717, 1.165) is 25.9 Å². The van der Waals surface area contributed by atoms with Crippen molar-refractivity contribution >= 4 is 24.0 Å². The molecule has 1 fully saturated rings. The van der Waals surface area contributed by atoms with E-state index >= 15 is 0 Å². The molecule has 0 aromatic carbocycles. The molecule has 2 rings (SSSR count). The van der Waals surface area contributed by atoms with Crippen LogP contribution in [0.3, 0.4) is 0 Å². The molecule has 4 nitrogen and oxygen atoms in total. The first kappa shape index (κ1) is 12.5. The number of nitrogens with zero attached hydrogens (tertiary/aromatic N) is 2. The van der Waals surface area contributed by atoms with Crippen molar-refractivity contribution in [3.8, 4) is 5.88 Å². The summed E-state index contributed by atoms with van der Waals surface area (Å²) in [6.07, 6.45) is 2.42. The van der Waals surface area contributed by atoms with Crippen LogP contribution in [0.15, 0.2) is 12.1 Å². The number of halogens is 2. The minimum Gasteiger partial charge on any atom is -0.472 e. The highest BCUT2D eigenvalue weighted by molar-refractivity contribution is 6.29. The molecule has 15 heavy (non-hydrogen) atoms. The highest BCUT2D eigenvalue weighted by Gasteiger charge is 2.14. The predicted octanol–water partition coefficient (Wildman–Crippen LogP) is 1.68. The molecule has 0 aliphatic carbocycles. The standard InChI is InChI=1S/C9H12ClN3O.ClH/c10-8-3-4-9(13-12-8)14-7-2-1-5-11-6-7;/h3-4,7,11H,1-2,5-6H2;1H/t7-;/m0./s1. The van der Waals surface area contributed by atoms with E-state index in [4.69, 9.17) is 16.3 Å². The van der Waals surface area contributed by atoms with Gasteiger partial charge in [-0.3, -0.25) is 0 Å². The second kappa shape index (κ2) is 6.10. The van der Waals surface area contributed by atoms with Crippen molar-refractivity contribution in [1.29, 1.82) is 0 Å².